The number of ether oxygens (including phenoxy) is 2. The van der Waals surface area contributed by atoms with Crippen LogP contribution in [0.25, 0.3) is 10.2 Å². The fourth-order valence-corrected chi connectivity index (χ4v) is 4.50. The highest BCUT2D eigenvalue weighted by molar-refractivity contribution is 7.22. The third-order valence-corrected chi connectivity index (χ3v) is 6.19. The maximum atomic E-state index is 13.6. The van der Waals surface area contributed by atoms with Gasteiger partial charge in [0, 0.05) is 11.8 Å². The molecule has 0 saturated heterocycles. The predicted octanol–water partition coefficient (Wildman–Crippen LogP) is 5.17. The van der Waals surface area contributed by atoms with E-state index in [2.05, 4.69) is 18.0 Å². The summed E-state index contributed by atoms with van der Waals surface area (Å²) in [6.07, 6.45) is 1.72. The number of aryl methyl sites for hydroxylation is 2. The maximum Gasteiger partial charge on any atom is 0.260 e. The van der Waals surface area contributed by atoms with E-state index in [9.17, 15) is 4.79 Å². The first-order valence-corrected chi connectivity index (χ1v) is 10.6. The van der Waals surface area contributed by atoms with E-state index in [1.54, 1.807) is 43.5 Å². The predicted molar refractivity (Wildman–Crippen MR) is 123 cm³/mol. The molecule has 0 aliphatic carbocycles. The Morgan fingerprint density at radius 3 is 2.55 bits per heavy atom. The summed E-state index contributed by atoms with van der Waals surface area (Å²) in [4.78, 5) is 24.5. The SMILES string of the molecule is COc1ccc(C(=O)N(Cc2ccccn2)c2nc3cc(C)cc(C)c3s2)cc1OC. The van der Waals surface area contributed by atoms with Crippen molar-refractivity contribution in [1.82, 2.24) is 9.97 Å². The molecule has 31 heavy (non-hydrogen) atoms. The summed E-state index contributed by atoms with van der Waals surface area (Å²) in [5, 5.41) is 0.633. The molecule has 4 aromatic rings. The number of benzene rings is 2. The molecule has 0 aliphatic heterocycles. The van der Waals surface area contributed by atoms with Gasteiger partial charge in [0.15, 0.2) is 16.6 Å². The van der Waals surface area contributed by atoms with Crippen molar-refractivity contribution >= 4 is 32.6 Å². The van der Waals surface area contributed by atoms with Crippen LogP contribution in [-0.4, -0.2) is 30.1 Å². The van der Waals surface area contributed by atoms with E-state index in [4.69, 9.17) is 14.5 Å². The molecule has 2 heterocycles. The van der Waals surface area contributed by atoms with Gasteiger partial charge in [0.2, 0.25) is 0 Å². The second kappa shape index (κ2) is 8.73. The fraction of sp³-hybridized carbons (Fsp3) is 0.208. The molecule has 0 saturated carbocycles. The molecule has 0 aliphatic rings. The van der Waals surface area contributed by atoms with E-state index in [1.807, 2.05) is 31.2 Å². The summed E-state index contributed by atoms with van der Waals surface area (Å²) < 4.78 is 11.8. The molecule has 0 unspecified atom stereocenters. The standard InChI is InChI=1S/C24H23N3O3S/c1-15-11-16(2)22-19(12-15)26-24(31-22)27(14-18-7-5-6-10-25-18)23(28)17-8-9-20(29-3)21(13-17)30-4/h5-13H,14H2,1-4H3. The zero-order valence-electron chi connectivity index (χ0n) is 17.9. The molecule has 2 aromatic carbocycles. The van der Waals surface area contributed by atoms with Crippen LogP contribution >= 0.6 is 11.3 Å². The lowest BCUT2D eigenvalue weighted by Gasteiger charge is -2.20. The molecule has 0 N–H and O–H groups in total. The lowest BCUT2D eigenvalue weighted by Crippen LogP contribution is -2.30. The van der Waals surface area contributed by atoms with Crippen LogP contribution in [0.1, 0.15) is 27.2 Å². The Kier molecular flexibility index (Phi) is 5.86. The van der Waals surface area contributed by atoms with Crippen LogP contribution < -0.4 is 14.4 Å². The first kappa shape index (κ1) is 20.8. The number of thiazole rings is 1. The molecule has 0 spiro atoms. The minimum atomic E-state index is -0.181. The number of rotatable bonds is 6. The quantitative estimate of drug-likeness (QED) is 0.420. The van der Waals surface area contributed by atoms with Gasteiger partial charge in [0.1, 0.15) is 0 Å². The number of nitrogens with zero attached hydrogens (tertiary/aromatic N) is 3. The molecular formula is C24H23N3O3S. The van der Waals surface area contributed by atoms with Gasteiger partial charge in [0.05, 0.1) is 36.7 Å². The molecule has 2 aromatic heterocycles. The number of hydrogen-bond acceptors (Lipinski definition) is 6. The third kappa shape index (κ3) is 4.22. The van der Waals surface area contributed by atoms with Crippen molar-refractivity contribution < 1.29 is 14.3 Å². The number of fused-ring (bicyclic) bond motifs is 1. The number of carbonyl (C=O) groups excluding carboxylic acids is 1. The van der Waals surface area contributed by atoms with Gasteiger partial charge in [-0.05, 0) is 61.4 Å². The molecule has 6 nitrogen and oxygen atoms in total. The number of anilines is 1. The van der Waals surface area contributed by atoms with Crippen LogP contribution in [0.5, 0.6) is 11.5 Å². The Bertz CT molecular complexity index is 1240. The summed E-state index contributed by atoms with van der Waals surface area (Å²) in [6.45, 7) is 4.42. The molecule has 0 atom stereocenters. The second-order valence-electron chi connectivity index (χ2n) is 7.21. The van der Waals surface area contributed by atoms with Gasteiger partial charge in [-0.1, -0.05) is 23.5 Å². The third-order valence-electron chi connectivity index (χ3n) is 4.96. The highest BCUT2D eigenvalue weighted by Crippen LogP contribution is 2.34. The molecule has 1 amide bonds. The number of hydrogen-bond donors (Lipinski definition) is 0. The highest BCUT2D eigenvalue weighted by atomic mass is 32.1. The first-order chi connectivity index (χ1) is 15.0. The monoisotopic (exact) mass is 433 g/mol. The van der Waals surface area contributed by atoms with Crippen LogP contribution in [0.3, 0.4) is 0 Å². The Labute approximate surface area is 185 Å². The molecule has 0 bridgehead atoms. The van der Waals surface area contributed by atoms with E-state index >= 15 is 0 Å². The van der Waals surface area contributed by atoms with E-state index < -0.39 is 0 Å². The van der Waals surface area contributed by atoms with Crippen molar-refractivity contribution in [3.05, 3.63) is 77.1 Å². The lowest BCUT2D eigenvalue weighted by molar-refractivity contribution is 0.0984. The van der Waals surface area contributed by atoms with E-state index in [1.165, 1.54) is 11.3 Å². The largest absolute Gasteiger partial charge is 0.493 e. The van der Waals surface area contributed by atoms with Gasteiger partial charge in [-0.15, -0.1) is 0 Å². The van der Waals surface area contributed by atoms with Crippen molar-refractivity contribution in [2.75, 3.05) is 19.1 Å². The molecular weight excluding hydrogens is 410 g/mol. The topological polar surface area (TPSA) is 64.5 Å². The van der Waals surface area contributed by atoms with Crippen LogP contribution in [0.15, 0.2) is 54.7 Å². The normalized spacial score (nSPS) is 10.8. The molecule has 0 radical (unpaired) electrons. The summed E-state index contributed by atoms with van der Waals surface area (Å²) in [5.41, 5.74) is 4.45. The van der Waals surface area contributed by atoms with Crippen molar-refractivity contribution in [3.8, 4) is 11.5 Å². The van der Waals surface area contributed by atoms with Crippen molar-refractivity contribution in [3.63, 3.8) is 0 Å². The number of methoxy groups -OCH3 is 2. The summed E-state index contributed by atoms with van der Waals surface area (Å²) in [5.74, 6) is 0.892. The number of carbonyl (C=O) groups is 1. The summed E-state index contributed by atoms with van der Waals surface area (Å²) in [7, 11) is 3.12. The van der Waals surface area contributed by atoms with Crippen LogP contribution in [-0.2, 0) is 6.54 Å². The van der Waals surface area contributed by atoms with Gasteiger partial charge < -0.3 is 9.47 Å². The smallest absolute Gasteiger partial charge is 0.260 e. The highest BCUT2D eigenvalue weighted by Gasteiger charge is 2.24. The minimum Gasteiger partial charge on any atom is -0.493 e. The van der Waals surface area contributed by atoms with E-state index in [0.29, 0.717) is 28.7 Å². The van der Waals surface area contributed by atoms with Crippen molar-refractivity contribution in [1.29, 1.82) is 0 Å². The lowest BCUT2D eigenvalue weighted by atomic mass is 10.1. The maximum absolute atomic E-state index is 13.6. The minimum absolute atomic E-state index is 0.181. The number of aromatic nitrogens is 2. The van der Waals surface area contributed by atoms with Crippen LogP contribution in [0, 0.1) is 13.8 Å². The van der Waals surface area contributed by atoms with Gasteiger partial charge >= 0.3 is 0 Å². The first-order valence-electron chi connectivity index (χ1n) is 9.81. The van der Waals surface area contributed by atoms with Gasteiger partial charge in [-0.2, -0.15) is 0 Å². The van der Waals surface area contributed by atoms with E-state index in [-0.39, 0.29) is 5.91 Å². The van der Waals surface area contributed by atoms with Gasteiger partial charge in [0.25, 0.3) is 5.91 Å². The summed E-state index contributed by atoms with van der Waals surface area (Å²) >= 11 is 1.51. The Morgan fingerprint density at radius 2 is 1.84 bits per heavy atom. The van der Waals surface area contributed by atoms with Crippen molar-refractivity contribution in [2.24, 2.45) is 0 Å². The Hall–Kier alpha value is -3.45. The molecule has 7 heteroatoms. The zero-order chi connectivity index (χ0) is 22.0. The molecule has 0 fully saturated rings. The zero-order valence-corrected chi connectivity index (χ0v) is 18.7. The van der Waals surface area contributed by atoms with Gasteiger partial charge in [-0.3, -0.25) is 14.7 Å². The summed E-state index contributed by atoms with van der Waals surface area (Å²) in [6, 6.07) is 15.0. The Morgan fingerprint density at radius 1 is 1.03 bits per heavy atom. The van der Waals surface area contributed by atoms with E-state index in [0.717, 1.165) is 27.0 Å². The average molecular weight is 434 g/mol. The average Bonchev–Trinajstić information content (AvgIpc) is 3.21. The van der Waals surface area contributed by atoms with Crippen molar-refractivity contribution in [2.45, 2.75) is 20.4 Å². The second-order valence-corrected chi connectivity index (χ2v) is 8.19. The number of amides is 1. The molecule has 158 valence electrons. The number of pyridine rings is 1. The van der Waals surface area contributed by atoms with Crippen LogP contribution in [0.4, 0.5) is 5.13 Å². The van der Waals surface area contributed by atoms with Gasteiger partial charge in [-0.25, -0.2) is 4.98 Å². The molecule has 4 rings (SSSR count). The van der Waals surface area contributed by atoms with Crippen LogP contribution in [0.2, 0.25) is 0 Å². The Balaban J connectivity index is 1.79. The fourth-order valence-electron chi connectivity index (χ4n) is 3.49.